The van der Waals surface area contributed by atoms with Gasteiger partial charge in [-0.3, -0.25) is 32.5 Å². The van der Waals surface area contributed by atoms with Gasteiger partial charge in [-0.05, 0) is 93.5 Å². The van der Waals surface area contributed by atoms with Crippen LogP contribution < -0.4 is 5.56 Å². The molecule has 1 saturated carbocycles. The molecule has 1 atom stereocenters. The normalized spacial score (nSPS) is 16.4. The quantitative estimate of drug-likeness (QED) is 0.154. The molecule has 2 amide bonds. The van der Waals surface area contributed by atoms with E-state index < -0.39 is 7.82 Å². The number of hydrogen-bond acceptors (Lipinski definition) is 8. The van der Waals surface area contributed by atoms with Crippen LogP contribution in [0.5, 0.6) is 0 Å². The van der Waals surface area contributed by atoms with Crippen LogP contribution in [0.4, 0.5) is 0 Å². The highest BCUT2D eigenvalue weighted by molar-refractivity contribution is 9.10. The predicted molar refractivity (Wildman–Crippen MR) is 179 cm³/mol. The number of carbonyl (C=O) groups is 2. The molecule has 2 aliphatic rings. The van der Waals surface area contributed by atoms with E-state index in [0.29, 0.717) is 46.1 Å². The molecule has 0 bridgehead atoms. The minimum atomic E-state index is -3.75. The molecule has 1 aliphatic carbocycles. The van der Waals surface area contributed by atoms with Crippen molar-refractivity contribution in [3.05, 3.63) is 97.0 Å². The Morgan fingerprint density at radius 2 is 1.77 bits per heavy atom. The van der Waals surface area contributed by atoms with Gasteiger partial charge < -0.3 is 9.80 Å². The van der Waals surface area contributed by atoms with E-state index in [1.165, 1.54) is 26.2 Å². The number of amides is 2. The molecule has 47 heavy (non-hydrogen) atoms. The van der Waals surface area contributed by atoms with Crippen LogP contribution in [-0.2, 0) is 37.5 Å². The monoisotopic (exact) mass is 725 g/mol. The SMILES string of the molecule is COP(=O)(OC)OCN(C)C(=O)c1ccc(-n2c(=O)c3c(n4ncc(CC5CC5)c24)CN(C(=O)c2ccc(Br)c(C)c2)C(C)C3)cc1. The lowest BCUT2D eigenvalue weighted by atomic mass is 9.98. The van der Waals surface area contributed by atoms with E-state index in [-0.39, 0.29) is 36.7 Å². The van der Waals surface area contributed by atoms with E-state index in [9.17, 15) is 18.9 Å². The first-order valence-electron chi connectivity index (χ1n) is 15.4. The maximum absolute atomic E-state index is 14.4. The average molecular weight is 727 g/mol. The number of nitrogens with zero attached hydrogens (tertiary/aromatic N) is 5. The van der Waals surface area contributed by atoms with Gasteiger partial charge in [0.05, 0.1) is 24.1 Å². The summed E-state index contributed by atoms with van der Waals surface area (Å²) in [4.78, 5) is 44.3. The summed E-state index contributed by atoms with van der Waals surface area (Å²) in [6, 6.07) is 12.1. The first kappa shape index (κ1) is 33.3. The second-order valence-electron chi connectivity index (χ2n) is 12.2. The number of rotatable bonds is 10. The zero-order chi connectivity index (χ0) is 33.6. The number of hydrogen-bond donors (Lipinski definition) is 0. The molecule has 1 aliphatic heterocycles. The largest absolute Gasteiger partial charge is 0.475 e. The van der Waals surface area contributed by atoms with Crippen LogP contribution in [0.3, 0.4) is 0 Å². The maximum Gasteiger partial charge on any atom is 0.475 e. The summed E-state index contributed by atoms with van der Waals surface area (Å²) in [5, 5.41) is 4.78. The van der Waals surface area contributed by atoms with Crippen LogP contribution in [0.15, 0.2) is 57.9 Å². The van der Waals surface area contributed by atoms with Crippen LogP contribution in [0.25, 0.3) is 11.3 Å². The third-order valence-corrected chi connectivity index (χ3v) is 11.1. The summed E-state index contributed by atoms with van der Waals surface area (Å²) in [5.74, 6) is 0.0755. The van der Waals surface area contributed by atoms with E-state index in [0.717, 1.165) is 34.9 Å². The fourth-order valence-electron chi connectivity index (χ4n) is 5.99. The van der Waals surface area contributed by atoms with Crippen molar-refractivity contribution in [1.29, 1.82) is 0 Å². The van der Waals surface area contributed by atoms with Gasteiger partial charge in [0.1, 0.15) is 12.4 Å². The smallest absolute Gasteiger partial charge is 0.330 e. The number of aryl methyl sites for hydroxylation is 1. The van der Waals surface area contributed by atoms with E-state index in [4.69, 9.17) is 18.7 Å². The standard InChI is InChI=1S/C33H37BrN5O7P/c1-20-14-24(10-13-28(20)34)32(41)37-18-29-27(15-21(37)2)33(42)38(30-25(16-22-6-7-22)17-35-39(29)30)26-11-8-23(9-12-26)31(40)36(3)19-46-47(43,44-4)45-5/h8-14,17,21-22H,6-7,15-16,18-19H2,1-5H3. The molecule has 12 nitrogen and oxygen atoms in total. The molecule has 4 aromatic rings. The molecule has 14 heteroatoms. The number of halogens is 1. The number of fused-ring (bicyclic) bond motifs is 3. The third-order valence-electron chi connectivity index (χ3n) is 8.89. The first-order valence-corrected chi connectivity index (χ1v) is 17.6. The minimum Gasteiger partial charge on any atom is -0.330 e. The van der Waals surface area contributed by atoms with Gasteiger partial charge in [0.15, 0.2) is 0 Å². The van der Waals surface area contributed by atoms with Gasteiger partial charge in [-0.25, -0.2) is 9.08 Å². The zero-order valence-electron chi connectivity index (χ0n) is 26.9. The van der Waals surface area contributed by atoms with Crippen molar-refractivity contribution >= 4 is 41.2 Å². The van der Waals surface area contributed by atoms with Crippen LogP contribution >= 0.6 is 23.8 Å². The number of carbonyl (C=O) groups excluding carboxylic acids is 2. The Kier molecular flexibility index (Phi) is 9.30. The summed E-state index contributed by atoms with van der Waals surface area (Å²) in [6.45, 7) is 3.85. The van der Waals surface area contributed by atoms with Gasteiger partial charge in [0, 0.05) is 54.0 Å². The van der Waals surface area contributed by atoms with Gasteiger partial charge in [0.25, 0.3) is 17.4 Å². The zero-order valence-corrected chi connectivity index (χ0v) is 29.4. The molecule has 0 spiro atoms. The average Bonchev–Trinajstić information content (AvgIpc) is 3.81. The molecule has 6 rings (SSSR count). The molecule has 2 aromatic carbocycles. The van der Waals surface area contributed by atoms with Crippen LogP contribution in [-0.4, -0.2) is 69.8 Å². The highest BCUT2D eigenvalue weighted by Gasteiger charge is 2.34. The second kappa shape index (κ2) is 13.1. The topological polar surface area (TPSA) is 125 Å². The van der Waals surface area contributed by atoms with Crippen molar-refractivity contribution in [1.82, 2.24) is 24.0 Å². The summed E-state index contributed by atoms with van der Waals surface area (Å²) >= 11 is 3.51. The van der Waals surface area contributed by atoms with Gasteiger partial charge in [-0.15, -0.1) is 0 Å². The van der Waals surface area contributed by atoms with Crippen molar-refractivity contribution < 1.29 is 27.7 Å². The summed E-state index contributed by atoms with van der Waals surface area (Å²) in [6.07, 6.45) is 5.27. The Morgan fingerprint density at radius 3 is 2.40 bits per heavy atom. The van der Waals surface area contributed by atoms with Gasteiger partial charge in [0.2, 0.25) is 0 Å². The Balaban J connectivity index is 1.36. The van der Waals surface area contributed by atoms with Gasteiger partial charge >= 0.3 is 7.82 Å². The second-order valence-corrected chi connectivity index (χ2v) is 14.9. The number of benzene rings is 2. The van der Waals surface area contributed by atoms with Gasteiger partial charge in [-0.1, -0.05) is 15.9 Å². The van der Waals surface area contributed by atoms with Crippen LogP contribution in [0, 0.1) is 12.8 Å². The lowest BCUT2D eigenvalue weighted by molar-refractivity contribution is 0.0569. The lowest BCUT2D eigenvalue weighted by Gasteiger charge is -2.35. The van der Waals surface area contributed by atoms with Gasteiger partial charge in [-0.2, -0.15) is 5.10 Å². The van der Waals surface area contributed by atoms with Crippen molar-refractivity contribution in [2.75, 3.05) is 28.0 Å². The molecule has 1 unspecified atom stereocenters. The minimum absolute atomic E-state index is 0.0932. The molecular weight excluding hydrogens is 689 g/mol. The van der Waals surface area contributed by atoms with E-state index in [2.05, 4.69) is 15.9 Å². The lowest BCUT2D eigenvalue weighted by Crippen LogP contribution is -2.46. The number of phosphoric acid groups is 1. The molecule has 0 radical (unpaired) electrons. The van der Waals surface area contributed by atoms with E-state index >= 15 is 0 Å². The van der Waals surface area contributed by atoms with Crippen molar-refractivity contribution in [3.63, 3.8) is 0 Å². The van der Waals surface area contributed by atoms with Crippen molar-refractivity contribution in [2.45, 2.75) is 52.1 Å². The molecule has 248 valence electrons. The highest BCUT2D eigenvalue weighted by Crippen LogP contribution is 2.47. The van der Waals surface area contributed by atoms with E-state index in [1.807, 2.05) is 47.7 Å². The fraction of sp³-hybridized carbons (Fsp3) is 0.394. The molecule has 3 heterocycles. The Hall–Kier alpha value is -3.61. The van der Waals surface area contributed by atoms with Crippen molar-refractivity contribution in [2.24, 2.45) is 5.92 Å². The fourth-order valence-corrected chi connectivity index (χ4v) is 6.91. The third kappa shape index (κ3) is 6.47. The summed E-state index contributed by atoms with van der Waals surface area (Å²) in [5.41, 5.74) is 5.30. The molecule has 0 saturated heterocycles. The summed E-state index contributed by atoms with van der Waals surface area (Å²) in [7, 11) is 0.145. The molecular formula is C33H37BrN5O7P. The Morgan fingerprint density at radius 1 is 1.09 bits per heavy atom. The van der Waals surface area contributed by atoms with Crippen LogP contribution in [0.2, 0.25) is 0 Å². The number of phosphoric ester groups is 1. The Bertz CT molecular complexity index is 1960. The predicted octanol–water partition coefficient (Wildman–Crippen LogP) is 5.54. The number of aromatic nitrogens is 3. The molecule has 2 aromatic heterocycles. The molecule has 1 fully saturated rings. The summed E-state index contributed by atoms with van der Waals surface area (Å²) < 4.78 is 31.4. The highest BCUT2D eigenvalue weighted by atomic mass is 79.9. The van der Waals surface area contributed by atoms with Crippen molar-refractivity contribution in [3.8, 4) is 5.69 Å². The Labute approximate surface area is 281 Å². The maximum atomic E-state index is 14.4. The first-order chi connectivity index (χ1) is 22.4. The molecule has 0 N–H and O–H groups in total. The van der Waals surface area contributed by atoms with Crippen LogP contribution in [0.1, 0.15) is 62.9 Å². The van der Waals surface area contributed by atoms with E-state index in [1.54, 1.807) is 28.8 Å².